The molecule has 0 saturated heterocycles. The fourth-order valence-corrected chi connectivity index (χ4v) is 4.61. The first-order valence-electron chi connectivity index (χ1n) is 9.05. The zero-order valence-electron chi connectivity index (χ0n) is 16.2. The molecule has 3 N–H and O–H groups in total. The van der Waals surface area contributed by atoms with Gasteiger partial charge in [-0.1, -0.05) is 64.6 Å². The number of rotatable bonds is 7. The van der Waals surface area contributed by atoms with Crippen molar-refractivity contribution in [2.75, 3.05) is 11.9 Å². The van der Waals surface area contributed by atoms with Gasteiger partial charge in [0.2, 0.25) is 15.9 Å². The van der Waals surface area contributed by atoms with E-state index in [2.05, 4.69) is 10.0 Å². The van der Waals surface area contributed by atoms with E-state index >= 15 is 0 Å². The van der Waals surface area contributed by atoms with Crippen LogP contribution in [0.2, 0.25) is 20.1 Å². The molecule has 6 nitrogen and oxygen atoms in total. The fraction of sp³-hybridized carbons (Fsp3) is 0.0952. The predicted octanol–water partition coefficient (Wildman–Crippen LogP) is 5.30. The summed E-state index contributed by atoms with van der Waals surface area (Å²) in [6, 6.07) is 15.0. The van der Waals surface area contributed by atoms with Crippen LogP contribution < -0.4 is 10.0 Å². The third-order valence-electron chi connectivity index (χ3n) is 4.41. The molecular weight excluding hydrogens is 518 g/mol. The van der Waals surface area contributed by atoms with Gasteiger partial charge in [0.1, 0.15) is 6.10 Å². The number of aliphatic hydroxyl groups is 1. The van der Waals surface area contributed by atoms with Gasteiger partial charge < -0.3 is 10.4 Å². The number of benzene rings is 3. The molecular formula is C21H16Cl4N2O4S. The maximum absolute atomic E-state index is 12.4. The molecule has 32 heavy (non-hydrogen) atoms. The second-order valence-electron chi connectivity index (χ2n) is 6.60. The van der Waals surface area contributed by atoms with Crippen molar-refractivity contribution in [3.8, 4) is 0 Å². The molecule has 0 heterocycles. The molecule has 1 amide bonds. The van der Waals surface area contributed by atoms with Crippen molar-refractivity contribution in [2.45, 2.75) is 11.0 Å². The van der Waals surface area contributed by atoms with Crippen LogP contribution in [0.15, 0.2) is 65.6 Å². The predicted molar refractivity (Wildman–Crippen MR) is 127 cm³/mol. The number of carbonyl (C=O) groups excluding carboxylic acids is 1. The Kier molecular flexibility index (Phi) is 8.06. The number of nitrogens with one attached hydrogen (secondary N) is 2. The van der Waals surface area contributed by atoms with Crippen LogP contribution in [-0.2, 0) is 14.8 Å². The largest absolute Gasteiger partial charge is 0.384 e. The third kappa shape index (κ3) is 5.94. The molecule has 0 aromatic heterocycles. The summed E-state index contributed by atoms with van der Waals surface area (Å²) in [5.74, 6) is -0.663. The quantitative estimate of drug-likeness (QED) is 0.384. The zero-order valence-corrected chi connectivity index (χ0v) is 20.0. The number of hydrogen-bond acceptors (Lipinski definition) is 4. The van der Waals surface area contributed by atoms with Crippen molar-refractivity contribution >= 4 is 68.0 Å². The maximum atomic E-state index is 12.4. The molecule has 11 heteroatoms. The number of anilines is 1. The van der Waals surface area contributed by atoms with E-state index < -0.39 is 28.6 Å². The summed E-state index contributed by atoms with van der Waals surface area (Å²) in [6.45, 7) is -0.563. The first-order chi connectivity index (χ1) is 15.1. The number of sulfonamides is 1. The van der Waals surface area contributed by atoms with Crippen molar-refractivity contribution in [1.82, 2.24) is 4.72 Å². The Morgan fingerprint density at radius 3 is 2.28 bits per heavy atom. The molecule has 0 spiro atoms. The molecule has 1 atom stereocenters. The highest BCUT2D eigenvalue weighted by molar-refractivity contribution is 7.89. The summed E-state index contributed by atoms with van der Waals surface area (Å²) in [6.07, 6.45) is -1.18. The van der Waals surface area contributed by atoms with Crippen LogP contribution in [0.3, 0.4) is 0 Å². The molecule has 3 aromatic carbocycles. The molecule has 3 rings (SSSR count). The van der Waals surface area contributed by atoms with Crippen molar-refractivity contribution in [2.24, 2.45) is 0 Å². The first kappa shape index (κ1) is 24.8. The normalized spacial score (nSPS) is 12.4. The highest BCUT2D eigenvalue weighted by atomic mass is 35.5. The molecule has 0 bridgehead atoms. The van der Waals surface area contributed by atoms with Crippen LogP contribution in [0.4, 0.5) is 5.69 Å². The number of aliphatic hydroxyl groups excluding tert-OH is 1. The summed E-state index contributed by atoms with van der Waals surface area (Å²) >= 11 is 23.9. The average molecular weight is 534 g/mol. The number of hydrogen-bond donors (Lipinski definition) is 3. The van der Waals surface area contributed by atoms with Crippen LogP contribution in [-0.4, -0.2) is 26.0 Å². The van der Waals surface area contributed by atoms with Gasteiger partial charge in [-0.15, -0.1) is 0 Å². The molecule has 0 saturated carbocycles. The molecule has 1 unspecified atom stereocenters. The van der Waals surface area contributed by atoms with Crippen molar-refractivity contribution in [1.29, 1.82) is 0 Å². The van der Waals surface area contributed by atoms with Crippen molar-refractivity contribution < 1.29 is 18.3 Å². The standard InChI is InChI=1S/C21H16Cl4N2O4S/c22-12-5-8-19(15(9-12)21(29)14-3-1-2-4-16(14)23)27-20(28)11-26-32(30,31)13-6-7-17(24)18(25)10-13/h1-10,21,26,29H,11H2,(H,27,28). The fourth-order valence-electron chi connectivity index (χ4n) is 2.82. The molecule has 3 aromatic rings. The molecule has 0 fully saturated rings. The minimum Gasteiger partial charge on any atom is -0.384 e. The van der Waals surface area contributed by atoms with E-state index in [0.29, 0.717) is 21.2 Å². The topological polar surface area (TPSA) is 95.5 Å². The van der Waals surface area contributed by atoms with E-state index in [4.69, 9.17) is 46.4 Å². The summed E-state index contributed by atoms with van der Waals surface area (Å²) in [4.78, 5) is 12.3. The van der Waals surface area contributed by atoms with E-state index in [0.717, 1.165) is 0 Å². The smallest absolute Gasteiger partial charge is 0.241 e. The number of amides is 1. The minimum atomic E-state index is -4.01. The van der Waals surface area contributed by atoms with Gasteiger partial charge in [0.05, 0.1) is 21.5 Å². The molecule has 0 radical (unpaired) electrons. The summed E-state index contributed by atoms with van der Waals surface area (Å²) in [7, 11) is -4.01. The Morgan fingerprint density at radius 2 is 1.59 bits per heavy atom. The lowest BCUT2D eigenvalue weighted by Crippen LogP contribution is -2.33. The zero-order chi connectivity index (χ0) is 23.5. The molecule has 168 valence electrons. The average Bonchev–Trinajstić information content (AvgIpc) is 2.75. The highest BCUT2D eigenvalue weighted by Crippen LogP contribution is 2.34. The Labute approximate surface area is 205 Å². The van der Waals surface area contributed by atoms with E-state index in [1.165, 1.54) is 36.4 Å². The Bertz CT molecular complexity index is 1270. The summed E-state index contributed by atoms with van der Waals surface area (Å²) in [5, 5.41) is 14.3. The van der Waals surface area contributed by atoms with Gasteiger partial charge in [-0.05, 0) is 42.5 Å². The van der Waals surface area contributed by atoms with Gasteiger partial charge in [-0.25, -0.2) is 13.1 Å². The Balaban J connectivity index is 1.77. The summed E-state index contributed by atoms with van der Waals surface area (Å²) < 4.78 is 27.1. The third-order valence-corrected chi connectivity index (χ3v) is 7.12. The minimum absolute atomic E-state index is 0.0679. The monoisotopic (exact) mass is 532 g/mol. The van der Waals surface area contributed by atoms with Crippen LogP contribution in [0.1, 0.15) is 17.2 Å². The highest BCUT2D eigenvalue weighted by Gasteiger charge is 2.21. The molecule has 0 aliphatic carbocycles. The van der Waals surface area contributed by atoms with E-state index in [-0.39, 0.29) is 20.6 Å². The number of halogens is 4. The Hall–Kier alpha value is -1.84. The maximum Gasteiger partial charge on any atom is 0.241 e. The van der Waals surface area contributed by atoms with E-state index in [9.17, 15) is 18.3 Å². The summed E-state index contributed by atoms with van der Waals surface area (Å²) in [5.41, 5.74) is 0.971. The van der Waals surface area contributed by atoms with Crippen LogP contribution in [0, 0.1) is 0 Å². The van der Waals surface area contributed by atoms with Crippen molar-refractivity contribution in [3.63, 3.8) is 0 Å². The molecule has 0 aliphatic rings. The van der Waals surface area contributed by atoms with Crippen molar-refractivity contribution in [3.05, 3.63) is 91.9 Å². The van der Waals surface area contributed by atoms with Crippen LogP contribution in [0.25, 0.3) is 0 Å². The van der Waals surface area contributed by atoms with Gasteiger partial charge >= 0.3 is 0 Å². The lowest BCUT2D eigenvalue weighted by molar-refractivity contribution is -0.115. The lowest BCUT2D eigenvalue weighted by Gasteiger charge is -2.18. The SMILES string of the molecule is O=C(CNS(=O)(=O)c1ccc(Cl)c(Cl)c1)Nc1ccc(Cl)cc1C(O)c1ccccc1Cl. The van der Waals surface area contributed by atoms with Gasteiger partial charge in [0.25, 0.3) is 0 Å². The second kappa shape index (κ2) is 10.4. The van der Waals surface area contributed by atoms with Gasteiger partial charge in [-0.2, -0.15) is 0 Å². The Morgan fingerprint density at radius 1 is 0.875 bits per heavy atom. The van der Waals surface area contributed by atoms with Gasteiger partial charge in [0, 0.05) is 26.9 Å². The van der Waals surface area contributed by atoms with Crippen LogP contribution in [0.5, 0.6) is 0 Å². The number of carbonyl (C=O) groups is 1. The second-order valence-corrected chi connectivity index (χ2v) is 10.0. The lowest BCUT2D eigenvalue weighted by atomic mass is 9.99. The first-order valence-corrected chi connectivity index (χ1v) is 12.0. The van der Waals surface area contributed by atoms with E-state index in [1.807, 2.05) is 0 Å². The molecule has 0 aliphatic heterocycles. The van der Waals surface area contributed by atoms with Crippen LogP contribution >= 0.6 is 46.4 Å². The van der Waals surface area contributed by atoms with Gasteiger partial charge in [0.15, 0.2) is 0 Å². The van der Waals surface area contributed by atoms with Gasteiger partial charge in [-0.3, -0.25) is 4.79 Å². The van der Waals surface area contributed by atoms with E-state index in [1.54, 1.807) is 24.3 Å².